The summed E-state index contributed by atoms with van der Waals surface area (Å²) in [4.78, 5) is 11.8. The zero-order chi connectivity index (χ0) is 16.4. The minimum Gasteiger partial charge on any atom is -0.349 e. The molecule has 5 nitrogen and oxygen atoms in total. The maximum Gasteiger partial charge on any atom is 0.261 e. The number of hydrogen-bond acceptors (Lipinski definition) is 3. The third-order valence-electron chi connectivity index (χ3n) is 3.46. The third-order valence-corrected chi connectivity index (χ3v) is 4.84. The van der Waals surface area contributed by atoms with E-state index in [1.54, 1.807) is 0 Å². The molecule has 23 heavy (non-hydrogen) atoms. The molecule has 120 valence electrons. The number of carbonyl (C=O) groups is 1. The fourth-order valence-corrected chi connectivity index (χ4v) is 3.10. The summed E-state index contributed by atoms with van der Waals surface area (Å²) in [7, 11) is -3.91. The molecule has 0 saturated heterocycles. The quantitative estimate of drug-likeness (QED) is 0.882. The van der Waals surface area contributed by atoms with E-state index in [-0.39, 0.29) is 22.5 Å². The highest BCUT2D eigenvalue weighted by molar-refractivity contribution is 7.92. The highest BCUT2D eigenvalue weighted by Gasteiger charge is 2.24. The van der Waals surface area contributed by atoms with E-state index in [1.807, 2.05) is 0 Å². The van der Waals surface area contributed by atoms with Crippen molar-refractivity contribution < 1.29 is 17.6 Å². The summed E-state index contributed by atoms with van der Waals surface area (Å²) in [5.41, 5.74) is 0.268. The Morgan fingerprint density at radius 1 is 1.04 bits per heavy atom. The molecule has 3 rings (SSSR count). The molecule has 1 saturated carbocycles. The Morgan fingerprint density at radius 3 is 2.30 bits per heavy atom. The number of benzene rings is 2. The number of rotatable bonds is 5. The number of carbonyl (C=O) groups excluding carboxylic acids is 1. The zero-order valence-corrected chi connectivity index (χ0v) is 12.9. The van der Waals surface area contributed by atoms with E-state index in [0.29, 0.717) is 5.56 Å². The summed E-state index contributed by atoms with van der Waals surface area (Å²) in [6, 6.07) is 11.3. The van der Waals surface area contributed by atoms with Gasteiger partial charge >= 0.3 is 0 Å². The Labute approximate surface area is 133 Å². The largest absolute Gasteiger partial charge is 0.349 e. The molecule has 0 heterocycles. The predicted octanol–water partition coefficient (Wildman–Crippen LogP) is 2.52. The van der Waals surface area contributed by atoms with Crippen LogP contribution in [-0.2, 0) is 10.0 Å². The van der Waals surface area contributed by atoms with Crippen LogP contribution in [0, 0.1) is 5.82 Å². The summed E-state index contributed by atoms with van der Waals surface area (Å²) in [5, 5.41) is 2.82. The van der Waals surface area contributed by atoms with Gasteiger partial charge in [-0.15, -0.1) is 0 Å². The van der Waals surface area contributed by atoms with Crippen LogP contribution in [0.1, 0.15) is 23.2 Å². The second kappa shape index (κ2) is 6.00. The first kappa shape index (κ1) is 15.5. The number of amides is 1. The van der Waals surface area contributed by atoms with Crippen LogP contribution in [0.25, 0.3) is 0 Å². The molecule has 0 aromatic heterocycles. The highest BCUT2D eigenvalue weighted by Crippen LogP contribution is 2.21. The summed E-state index contributed by atoms with van der Waals surface area (Å²) in [5.74, 6) is -0.880. The van der Waals surface area contributed by atoms with Crippen molar-refractivity contribution in [1.29, 1.82) is 0 Å². The molecule has 0 bridgehead atoms. The van der Waals surface area contributed by atoms with Crippen molar-refractivity contribution in [2.75, 3.05) is 4.72 Å². The minimum atomic E-state index is -3.91. The summed E-state index contributed by atoms with van der Waals surface area (Å²) in [6.07, 6.45) is 1.95. The van der Waals surface area contributed by atoms with E-state index in [4.69, 9.17) is 0 Å². The fourth-order valence-electron chi connectivity index (χ4n) is 2.03. The van der Waals surface area contributed by atoms with Crippen LogP contribution >= 0.6 is 0 Å². The second-order valence-electron chi connectivity index (χ2n) is 5.36. The number of halogens is 1. The van der Waals surface area contributed by atoms with Crippen LogP contribution in [0.5, 0.6) is 0 Å². The molecular formula is C16H15FN2O3S. The van der Waals surface area contributed by atoms with E-state index >= 15 is 0 Å². The Kier molecular flexibility index (Phi) is 4.04. The zero-order valence-electron chi connectivity index (χ0n) is 12.1. The van der Waals surface area contributed by atoms with Gasteiger partial charge < -0.3 is 5.32 Å². The summed E-state index contributed by atoms with van der Waals surface area (Å²) < 4.78 is 40.2. The van der Waals surface area contributed by atoms with Gasteiger partial charge in [-0.3, -0.25) is 9.52 Å². The molecule has 1 aliphatic rings. The fraction of sp³-hybridized carbons (Fsp3) is 0.188. The van der Waals surface area contributed by atoms with Crippen molar-refractivity contribution in [3.8, 4) is 0 Å². The van der Waals surface area contributed by atoms with E-state index < -0.39 is 15.8 Å². The molecule has 2 aromatic rings. The van der Waals surface area contributed by atoms with Crippen LogP contribution in [0.4, 0.5) is 10.1 Å². The van der Waals surface area contributed by atoms with Crippen LogP contribution in [0.3, 0.4) is 0 Å². The first-order chi connectivity index (χ1) is 11.0. The van der Waals surface area contributed by atoms with Gasteiger partial charge in [0.2, 0.25) is 0 Å². The Balaban J connectivity index is 1.77. The maximum atomic E-state index is 13.6. The van der Waals surface area contributed by atoms with Crippen molar-refractivity contribution >= 4 is 21.6 Å². The molecule has 1 aliphatic carbocycles. The molecule has 7 heteroatoms. The van der Waals surface area contributed by atoms with Crippen LogP contribution in [-0.4, -0.2) is 20.4 Å². The van der Waals surface area contributed by atoms with E-state index in [9.17, 15) is 17.6 Å². The number of sulfonamides is 1. The molecule has 0 unspecified atom stereocenters. The smallest absolute Gasteiger partial charge is 0.261 e. The van der Waals surface area contributed by atoms with E-state index in [0.717, 1.165) is 12.8 Å². The van der Waals surface area contributed by atoms with E-state index in [2.05, 4.69) is 10.0 Å². The normalized spacial score (nSPS) is 14.3. The standard InChI is InChI=1S/C16H15FN2O3S/c17-14-3-1-2-4-15(14)19-23(21,22)13-9-5-11(6-10-13)16(20)18-12-7-8-12/h1-6,9-10,12,19H,7-8H2,(H,18,20). The SMILES string of the molecule is O=C(NC1CC1)c1ccc(S(=O)(=O)Nc2ccccc2F)cc1. The molecule has 0 atom stereocenters. The number of nitrogens with one attached hydrogen (secondary N) is 2. The van der Waals surface area contributed by atoms with Gasteiger partial charge in [-0.05, 0) is 49.2 Å². The summed E-state index contributed by atoms with van der Waals surface area (Å²) in [6.45, 7) is 0. The second-order valence-corrected chi connectivity index (χ2v) is 7.04. The summed E-state index contributed by atoms with van der Waals surface area (Å²) >= 11 is 0. The first-order valence-electron chi connectivity index (χ1n) is 7.14. The minimum absolute atomic E-state index is 0.0382. The molecule has 1 amide bonds. The molecular weight excluding hydrogens is 319 g/mol. The van der Waals surface area contributed by atoms with Crippen molar-refractivity contribution in [2.45, 2.75) is 23.8 Å². The van der Waals surface area contributed by atoms with E-state index in [1.165, 1.54) is 48.5 Å². The number of para-hydroxylation sites is 1. The molecule has 0 spiro atoms. The van der Waals surface area contributed by atoms with Crippen LogP contribution < -0.4 is 10.0 Å². The van der Waals surface area contributed by atoms with Gasteiger partial charge in [0.25, 0.3) is 15.9 Å². The van der Waals surface area contributed by atoms with Gasteiger partial charge in [-0.25, -0.2) is 12.8 Å². The van der Waals surface area contributed by atoms with Crippen LogP contribution in [0.15, 0.2) is 53.4 Å². The predicted molar refractivity (Wildman–Crippen MR) is 84.1 cm³/mol. The Bertz CT molecular complexity index is 831. The lowest BCUT2D eigenvalue weighted by Gasteiger charge is -2.09. The average Bonchev–Trinajstić information content (AvgIpc) is 3.33. The van der Waals surface area contributed by atoms with Gasteiger partial charge in [0.15, 0.2) is 0 Å². The van der Waals surface area contributed by atoms with Crippen LogP contribution in [0.2, 0.25) is 0 Å². The van der Waals surface area contributed by atoms with Gasteiger partial charge in [-0.1, -0.05) is 12.1 Å². The Hall–Kier alpha value is -2.41. The molecule has 1 fully saturated rings. The lowest BCUT2D eigenvalue weighted by molar-refractivity contribution is 0.0951. The highest BCUT2D eigenvalue weighted by atomic mass is 32.2. The lowest BCUT2D eigenvalue weighted by atomic mass is 10.2. The van der Waals surface area contributed by atoms with Crippen molar-refractivity contribution in [2.24, 2.45) is 0 Å². The molecule has 2 aromatic carbocycles. The molecule has 0 radical (unpaired) electrons. The lowest BCUT2D eigenvalue weighted by Crippen LogP contribution is -2.25. The van der Waals surface area contributed by atoms with Crippen molar-refractivity contribution in [3.63, 3.8) is 0 Å². The molecule has 2 N–H and O–H groups in total. The van der Waals surface area contributed by atoms with Crippen molar-refractivity contribution in [1.82, 2.24) is 5.32 Å². The first-order valence-corrected chi connectivity index (χ1v) is 8.62. The molecule has 0 aliphatic heterocycles. The maximum absolute atomic E-state index is 13.6. The van der Waals surface area contributed by atoms with Crippen molar-refractivity contribution in [3.05, 3.63) is 59.9 Å². The average molecular weight is 334 g/mol. The van der Waals surface area contributed by atoms with Gasteiger partial charge in [0, 0.05) is 11.6 Å². The van der Waals surface area contributed by atoms with Gasteiger partial charge in [0.1, 0.15) is 5.82 Å². The monoisotopic (exact) mass is 334 g/mol. The van der Waals surface area contributed by atoms with Gasteiger partial charge in [0.05, 0.1) is 10.6 Å². The van der Waals surface area contributed by atoms with Gasteiger partial charge in [-0.2, -0.15) is 0 Å². The number of hydrogen-bond donors (Lipinski definition) is 2. The third kappa shape index (κ3) is 3.68. The number of anilines is 1. The Morgan fingerprint density at radius 2 is 1.70 bits per heavy atom. The topological polar surface area (TPSA) is 75.3 Å².